The Bertz CT molecular complexity index is 1150. The Balaban J connectivity index is 1.16. The van der Waals surface area contributed by atoms with Crippen LogP contribution in [-0.4, -0.2) is 86.8 Å². The van der Waals surface area contributed by atoms with Crippen LogP contribution in [0.25, 0.3) is 11.0 Å². The third-order valence-electron chi connectivity index (χ3n) is 5.88. The van der Waals surface area contributed by atoms with Crippen molar-refractivity contribution in [3.8, 4) is 0 Å². The van der Waals surface area contributed by atoms with Crippen LogP contribution in [-0.2, 0) is 6.18 Å². The minimum absolute atomic E-state index is 0.0428. The second-order valence-corrected chi connectivity index (χ2v) is 8.74. The van der Waals surface area contributed by atoms with Gasteiger partial charge in [-0.1, -0.05) is 0 Å². The predicted octanol–water partition coefficient (Wildman–Crippen LogP) is 2.32. The molecule has 3 aromatic heterocycles. The van der Waals surface area contributed by atoms with Crippen molar-refractivity contribution in [3.63, 3.8) is 0 Å². The molecule has 5 rings (SSSR count). The fourth-order valence-corrected chi connectivity index (χ4v) is 4.66. The molecule has 0 atom stereocenters. The van der Waals surface area contributed by atoms with Crippen LogP contribution in [0, 0.1) is 0 Å². The van der Waals surface area contributed by atoms with Crippen molar-refractivity contribution >= 4 is 34.2 Å². The predicted molar refractivity (Wildman–Crippen MR) is 110 cm³/mol. The summed E-state index contributed by atoms with van der Waals surface area (Å²) >= 11 is 1.33. The number of carbonyl (C=O) groups excluding carboxylic acids is 2. The van der Waals surface area contributed by atoms with E-state index in [-0.39, 0.29) is 29.2 Å². The van der Waals surface area contributed by atoms with Gasteiger partial charge in [0.15, 0.2) is 5.01 Å². The Kier molecular flexibility index (Phi) is 5.13. The summed E-state index contributed by atoms with van der Waals surface area (Å²) in [7, 11) is 0. The van der Waals surface area contributed by atoms with E-state index in [1.54, 1.807) is 21.4 Å². The van der Waals surface area contributed by atoms with Crippen LogP contribution in [0.3, 0.4) is 0 Å². The van der Waals surface area contributed by atoms with Gasteiger partial charge in [-0.25, -0.2) is 9.97 Å². The van der Waals surface area contributed by atoms with Crippen molar-refractivity contribution in [2.75, 3.05) is 39.3 Å². The number of hydrogen-bond donors (Lipinski definition) is 1. The van der Waals surface area contributed by atoms with E-state index in [1.807, 2.05) is 0 Å². The number of thiazole rings is 1. The molecule has 2 aliphatic rings. The fourth-order valence-electron chi connectivity index (χ4n) is 4.06. The molecule has 0 aliphatic carbocycles. The van der Waals surface area contributed by atoms with E-state index in [9.17, 15) is 22.8 Å². The SMILES string of the molecule is O=C(c1cc2ccc(C(F)(F)F)nc2[nH]1)N1CC(N2CCN(C(=O)c3nccs3)CC2)C1. The summed E-state index contributed by atoms with van der Waals surface area (Å²) in [6.07, 6.45) is -2.92. The first-order valence-electron chi connectivity index (χ1n) is 10.1. The summed E-state index contributed by atoms with van der Waals surface area (Å²) < 4.78 is 38.6. The van der Waals surface area contributed by atoms with E-state index in [4.69, 9.17) is 0 Å². The van der Waals surface area contributed by atoms with Crippen molar-refractivity contribution in [3.05, 3.63) is 46.2 Å². The summed E-state index contributed by atoms with van der Waals surface area (Å²) in [5, 5.41) is 2.73. The van der Waals surface area contributed by atoms with Gasteiger partial charge in [-0.3, -0.25) is 14.5 Å². The largest absolute Gasteiger partial charge is 0.433 e. The zero-order valence-corrected chi connectivity index (χ0v) is 17.6. The number of pyridine rings is 1. The summed E-state index contributed by atoms with van der Waals surface area (Å²) in [5.74, 6) is -0.309. The molecule has 8 nitrogen and oxygen atoms in total. The maximum atomic E-state index is 12.9. The number of piperazine rings is 1. The lowest BCUT2D eigenvalue weighted by molar-refractivity contribution is -0.141. The summed E-state index contributed by atoms with van der Waals surface area (Å²) in [6, 6.07) is 3.95. The topological polar surface area (TPSA) is 85.4 Å². The molecule has 0 aromatic carbocycles. The molecule has 0 saturated carbocycles. The number of nitrogens with one attached hydrogen (secondary N) is 1. The van der Waals surface area contributed by atoms with Gasteiger partial charge >= 0.3 is 6.18 Å². The maximum absolute atomic E-state index is 12.9. The van der Waals surface area contributed by atoms with Gasteiger partial charge in [0.2, 0.25) is 0 Å². The molecule has 2 aliphatic heterocycles. The Morgan fingerprint density at radius 2 is 1.81 bits per heavy atom. The zero-order valence-electron chi connectivity index (χ0n) is 16.8. The molecule has 0 radical (unpaired) electrons. The van der Waals surface area contributed by atoms with Gasteiger partial charge < -0.3 is 14.8 Å². The highest BCUT2D eigenvalue weighted by atomic mass is 32.1. The lowest BCUT2D eigenvalue weighted by atomic mass is 10.1. The second kappa shape index (κ2) is 7.85. The Labute approximate surface area is 184 Å². The van der Waals surface area contributed by atoms with Gasteiger partial charge in [0.25, 0.3) is 11.8 Å². The molecule has 0 bridgehead atoms. The van der Waals surface area contributed by atoms with Gasteiger partial charge in [0.1, 0.15) is 17.0 Å². The first-order chi connectivity index (χ1) is 15.3. The first kappa shape index (κ1) is 20.9. The summed E-state index contributed by atoms with van der Waals surface area (Å²) in [6.45, 7) is 3.74. The van der Waals surface area contributed by atoms with E-state index in [1.165, 1.54) is 23.5 Å². The lowest BCUT2D eigenvalue weighted by Gasteiger charge is -2.47. The minimum atomic E-state index is -4.54. The van der Waals surface area contributed by atoms with E-state index in [2.05, 4.69) is 19.9 Å². The first-order valence-corrected chi connectivity index (χ1v) is 11.0. The monoisotopic (exact) mass is 464 g/mol. The third kappa shape index (κ3) is 3.84. The van der Waals surface area contributed by atoms with Gasteiger partial charge in [0.05, 0.1) is 0 Å². The highest BCUT2D eigenvalue weighted by molar-refractivity contribution is 7.11. The molecule has 168 valence electrons. The number of nitrogens with zero attached hydrogens (tertiary/aromatic N) is 5. The minimum Gasteiger partial charge on any atom is -0.335 e. The molecule has 3 aromatic rings. The number of H-pyrrole nitrogens is 1. The normalized spacial score (nSPS) is 18.2. The molecule has 1 N–H and O–H groups in total. The number of amides is 2. The molecule has 0 unspecified atom stereocenters. The number of alkyl halides is 3. The molecular formula is C20H19F3N6O2S. The Hall–Kier alpha value is -2.99. The molecule has 0 spiro atoms. The molecular weight excluding hydrogens is 445 g/mol. The number of rotatable bonds is 3. The van der Waals surface area contributed by atoms with Gasteiger partial charge in [-0.15, -0.1) is 11.3 Å². The molecule has 32 heavy (non-hydrogen) atoms. The van der Waals surface area contributed by atoms with Gasteiger partial charge in [-0.2, -0.15) is 13.2 Å². The Morgan fingerprint density at radius 3 is 2.47 bits per heavy atom. The number of halogens is 3. The summed E-state index contributed by atoms with van der Waals surface area (Å²) in [5.41, 5.74) is -0.729. The standard InChI is InChI=1S/C20H19F3N6O2S/c21-20(22,23)15-2-1-12-9-14(25-16(12)26-15)18(30)29-10-13(11-29)27-4-6-28(7-5-27)19(31)17-24-3-8-32-17/h1-3,8-9,13H,4-7,10-11H2,(H,25,26). The van der Waals surface area contributed by atoms with E-state index < -0.39 is 11.9 Å². The van der Waals surface area contributed by atoms with Crippen LogP contribution in [0.1, 0.15) is 26.0 Å². The smallest absolute Gasteiger partial charge is 0.335 e. The molecule has 12 heteroatoms. The molecule has 2 saturated heterocycles. The van der Waals surface area contributed by atoms with Crippen LogP contribution in [0.5, 0.6) is 0 Å². The van der Waals surface area contributed by atoms with Crippen molar-refractivity contribution in [1.82, 2.24) is 29.7 Å². The average molecular weight is 464 g/mol. The number of likely N-dealkylation sites (tertiary alicyclic amines) is 1. The number of hydrogen-bond acceptors (Lipinski definition) is 6. The van der Waals surface area contributed by atoms with Crippen molar-refractivity contribution in [1.29, 1.82) is 0 Å². The van der Waals surface area contributed by atoms with E-state index in [0.717, 1.165) is 19.2 Å². The summed E-state index contributed by atoms with van der Waals surface area (Å²) in [4.78, 5) is 41.2. The zero-order chi connectivity index (χ0) is 22.5. The highest BCUT2D eigenvalue weighted by Gasteiger charge is 2.38. The number of aromatic amines is 1. The second-order valence-electron chi connectivity index (χ2n) is 7.84. The van der Waals surface area contributed by atoms with Crippen molar-refractivity contribution in [2.45, 2.75) is 12.2 Å². The van der Waals surface area contributed by atoms with Crippen molar-refractivity contribution in [2.24, 2.45) is 0 Å². The number of fused-ring (bicyclic) bond motifs is 1. The fraction of sp³-hybridized carbons (Fsp3) is 0.400. The molecule has 5 heterocycles. The quantitative estimate of drug-likeness (QED) is 0.643. The van der Waals surface area contributed by atoms with Crippen LogP contribution in [0.15, 0.2) is 29.8 Å². The van der Waals surface area contributed by atoms with Crippen molar-refractivity contribution < 1.29 is 22.8 Å². The van der Waals surface area contributed by atoms with Crippen LogP contribution in [0.2, 0.25) is 0 Å². The number of aromatic nitrogens is 3. The Morgan fingerprint density at radius 1 is 1.06 bits per heavy atom. The highest BCUT2D eigenvalue weighted by Crippen LogP contribution is 2.29. The van der Waals surface area contributed by atoms with Crippen LogP contribution < -0.4 is 0 Å². The van der Waals surface area contributed by atoms with E-state index >= 15 is 0 Å². The van der Waals surface area contributed by atoms with Crippen LogP contribution in [0.4, 0.5) is 13.2 Å². The average Bonchev–Trinajstić information content (AvgIpc) is 3.41. The van der Waals surface area contributed by atoms with Crippen LogP contribution >= 0.6 is 11.3 Å². The van der Waals surface area contributed by atoms with E-state index in [0.29, 0.717) is 36.6 Å². The lowest BCUT2D eigenvalue weighted by Crippen LogP contribution is -2.64. The number of carbonyl (C=O) groups is 2. The molecule has 2 fully saturated rings. The van der Waals surface area contributed by atoms with Gasteiger partial charge in [-0.05, 0) is 18.2 Å². The maximum Gasteiger partial charge on any atom is 0.433 e. The third-order valence-corrected chi connectivity index (χ3v) is 6.64. The van der Waals surface area contributed by atoms with Gasteiger partial charge in [0, 0.05) is 62.3 Å². The molecule has 2 amide bonds.